The van der Waals surface area contributed by atoms with Crippen molar-refractivity contribution in [2.24, 2.45) is 0 Å². The van der Waals surface area contributed by atoms with Crippen molar-refractivity contribution in [2.75, 3.05) is 6.61 Å². The lowest BCUT2D eigenvalue weighted by Crippen LogP contribution is -2.43. The molecule has 3 rings (SSSR count). The van der Waals surface area contributed by atoms with Gasteiger partial charge in [-0.1, -0.05) is 18.2 Å². The van der Waals surface area contributed by atoms with Crippen molar-refractivity contribution in [1.29, 1.82) is 0 Å². The highest BCUT2D eigenvalue weighted by Gasteiger charge is 2.33. The van der Waals surface area contributed by atoms with Crippen molar-refractivity contribution in [1.82, 2.24) is 9.47 Å². The number of aromatic nitrogens is 1. The summed E-state index contributed by atoms with van der Waals surface area (Å²) in [5.74, 6) is -2.44. The predicted molar refractivity (Wildman–Crippen MR) is 132 cm³/mol. The molecule has 3 aromatic rings. The molecule has 8 heteroatoms. The van der Waals surface area contributed by atoms with Gasteiger partial charge in [-0.05, 0) is 76.1 Å². The first kappa shape index (κ1) is 26.8. The van der Waals surface area contributed by atoms with E-state index in [1.54, 1.807) is 32.3 Å². The fraction of sp³-hybridized carbons (Fsp3) is 0.321. The molecule has 0 aliphatic heterocycles. The molecule has 0 N–H and O–H groups in total. The van der Waals surface area contributed by atoms with Crippen LogP contribution in [0.25, 0.3) is 0 Å². The lowest BCUT2D eigenvalue weighted by molar-refractivity contribution is 0.0512. The van der Waals surface area contributed by atoms with Gasteiger partial charge in [-0.2, -0.15) is 0 Å². The van der Waals surface area contributed by atoms with Crippen LogP contribution in [0.4, 0.5) is 8.78 Å². The van der Waals surface area contributed by atoms with Crippen molar-refractivity contribution in [3.63, 3.8) is 0 Å². The van der Waals surface area contributed by atoms with Gasteiger partial charge in [-0.25, -0.2) is 13.6 Å². The third kappa shape index (κ3) is 5.37. The number of amides is 1. The Hall–Kier alpha value is -3.81. The number of rotatable bonds is 9. The van der Waals surface area contributed by atoms with Gasteiger partial charge in [-0.15, -0.1) is 0 Å². The molecule has 0 bridgehead atoms. The number of esters is 1. The molecule has 2 aromatic carbocycles. The fourth-order valence-electron chi connectivity index (χ4n) is 4.42. The SMILES string of the molecule is CCOC(=O)c1c(C)c(C(=O)C(C)N(Cc2ccc(F)cc2)C(=O)c2cccc(F)c2)c(C)n1CC. The Morgan fingerprint density at radius 3 is 2.25 bits per heavy atom. The van der Waals surface area contributed by atoms with Crippen LogP contribution in [0.2, 0.25) is 0 Å². The molecule has 1 aromatic heterocycles. The number of nitrogens with zero attached hydrogens (tertiary/aromatic N) is 2. The Bertz CT molecular complexity index is 1280. The topological polar surface area (TPSA) is 68.6 Å². The van der Waals surface area contributed by atoms with E-state index in [1.165, 1.54) is 47.4 Å². The average molecular weight is 497 g/mol. The monoisotopic (exact) mass is 496 g/mol. The van der Waals surface area contributed by atoms with Crippen molar-refractivity contribution >= 4 is 17.7 Å². The van der Waals surface area contributed by atoms with Crippen LogP contribution in [0, 0.1) is 25.5 Å². The molecule has 1 atom stereocenters. The normalized spacial score (nSPS) is 11.8. The zero-order valence-electron chi connectivity index (χ0n) is 21.1. The molecule has 0 aliphatic carbocycles. The van der Waals surface area contributed by atoms with Gasteiger partial charge in [0.1, 0.15) is 17.3 Å². The number of halogens is 2. The molecule has 1 amide bonds. The average Bonchev–Trinajstić information content (AvgIpc) is 3.11. The highest BCUT2D eigenvalue weighted by Crippen LogP contribution is 2.27. The Kier molecular flexibility index (Phi) is 8.40. The van der Waals surface area contributed by atoms with E-state index in [4.69, 9.17) is 4.74 Å². The van der Waals surface area contributed by atoms with Crippen LogP contribution in [-0.4, -0.2) is 39.8 Å². The van der Waals surface area contributed by atoms with E-state index >= 15 is 0 Å². The summed E-state index contributed by atoms with van der Waals surface area (Å²) >= 11 is 0. The van der Waals surface area contributed by atoms with E-state index in [1.807, 2.05) is 6.92 Å². The quantitative estimate of drug-likeness (QED) is 0.290. The zero-order valence-corrected chi connectivity index (χ0v) is 21.1. The second kappa shape index (κ2) is 11.3. The maximum Gasteiger partial charge on any atom is 0.355 e. The third-order valence-electron chi connectivity index (χ3n) is 6.24. The van der Waals surface area contributed by atoms with Gasteiger partial charge in [0, 0.05) is 29.9 Å². The van der Waals surface area contributed by atoms with Gasteiger partial charge in [0.2, 0.25) is 0 Å². The number of ketones is 1. The molecule has 190 valence electrons. The number of Topliss-reactive ketones (excluding diaryl/α,β-unsaturated/α-hetero) is 1. The van der Waals surface area contributed by atoms with Gasteiger partial charge in [-0.3, -0.25) is 9.59 Å². The maximum absolute atomic E-state index is 13.9. The molecule has 0 radical (unpaired) electrons. The van der Waals surface area contributed by atoms with Crippen molar-refractivity contribution < 1.29 is 27.9 Å². The lowest BCUT2D eigenvalue weighted by atomic mass is 9.98. The Balaban J connectivity index is 2.06. The number of carbonyl (C=O) groups is 3. The van der Waals surface area contributed by atoms with Crippen molar-refractivity contribution in [3.05, 3.63) is 93.8 Å². The summed E-state index contributed by atoms with van der Waals surface area (Å²) in [6.45, 7) is 9.24. The zero-order chi connectivity index (χ0) is 26.6. The largest absolute Gasteiger partial charge is 0.461 e. The van der Waals surface area contributed by atoms with E-state index in [0.29, 0.717) is 34.6 Å². The fourth-order valence-corrected chi connectivity index (χ4v) is 4.42. The van der Waals surface area contributed by atoms with E-state index in [-0.39, 0.29) is 24.5 Å². The molecule has 1 unspecified atom stereocenters. The number of hydrogen-bond acceptors (Lipinski definition) is 4. The smallest absolute Gasteiger partial charge is 0.355 e. The lowest BCUT2D eigenvalue weighted by Gasteiger charge is -2.29. The minimum atomic E-state index is -0.967. The molecular weight excluding hydrogens is 466 g/mol. The van der Waals surface area contributed by atoms with E-state index in [0.717, 1.165) is 6.07 Å². The Morgan fingerprint density at radius 2 is 1.67 bits per heavy atom. The summed E-state index contributed by atoms with van der Waals surface area (Å²) in [4.78, 5) is 41.3. The van der Waals surface area contributed by atoms with Crippen LogP contribution in [0.3, 0.4) is 0 Å². The van der Waals surface area contributed by atoms with Crippen molar-refractivity contribution in [3.8, 4) is 0 Å². The van der Waals surface area contributed by atoms with Crippen LogP contribution in [0.5, 0.6) is 0 Å². The minimum Gasteiger partial charge on any atom is -0.461 e. The number of ether oxygens (including phenoxy) is 1. The first-order valence-corrected chi connectivity index (χ1v) is 11.8. The van der Waals surface area contributed by atoms with Gasteiger partial charge < -0.3 is 14.2 Å². The molecule has 1 heterocycles. The standard InChI is InChI=1S/C28H30F2N2O4/c1-6-31-18(4)24(17(3)25(31)28(35)36-7-2)26(33)19(5)32(16-20-11-13-22(29)14-12-20)27(34)21-9-8-10-23(30)15-21/h8-15,19H,6-7,16H2,1-5H3. The van der Waals surface area contributed by atoms with Crippen LogP contribution in [0.15, 0.2) is 48.5 Å². The molecular formula is C28H30F2N2O4. The van der Waals surface area contributed by atoms with Crippen LogP contribution in [0.1, 0.15) is 68.8 Å². The first-order chi connectivity index (χ1) is 17.1. The number of benzene rings is 2. The highest BCUT2D eigenvalue weighted by atomic mass is 19.1. The Morgan fingerprint density at radius 1 is 1.00 bits per heavy atom. The summed E-state index contributed by atoms with van der Waals surface area (Å²) in [5, 5.41) is 0. The highest BCUT2D eigenvalue weighted by molar-refractivity contribution is 6.07. The second-order valence-electron chi connectivity index (χ2n) is 8.51. The summed E-state index contributed by atoms with van der Waals surface area (Å²) < 4.78 is 34.3. The molecule has 0 fully saturated rings. The summed E-state index contributed by atoms with van der Waals surface area (Å²) in [6, 6.07) is 9.87. The van der Waals surface area contributed by atoms with Crippen LogP contribution >= 0.6 is 0 Å². The molecule has 36 heavy (non-hydrogen) atoms. The molecule has 6 nitrogen and oxygen atoms in total. The first-order valence-electron chi connectivity index (χ1n) is 11.8. The van der Waals surface area contributed by atoms with Gasteiger partial charge in [0.15, 0.2) is 5.78 Å². The van der Waals surface area contributed by atoms with Gasteiger partial charge in [0.25, 0.3) is 5.91 Å². The van der Waals surface area contributed by atoms with Crippen molar-refractivity contribution in [2.45, 2.75) is 53.8 Å². The third-order valence-corrected chi connectivity index (χ3v) is 6.24. The number of hydrogen-bond donors (Lipinski definition) is 0. The van der Waals surface area contributed by atoms with E-state index in [9.17, 15) is 23.2 Å². The molecule has 0 saturated carbocycles. The van der Waals surface area contributed by atoms with Gasteiger partial charge in [0.05, 0.1) is 12.6 Å². The maximum atomic E-state index is 13.9. The molecule has 0 spiro atoms. The predicted octanol–water partition coefficient (Wildman–Crippen LogP) is 5.49. The van der Waals surface area contributed by atoms with Gasteiger partial charge >= 0.3 is 5.97 Å². The second-order valence-corrected chi connectivity index (χ2v) is 8.51. The van der Waals surface area contributed by atoms with E-state index < -0.39 is 29.6 Å². The summed E-state index contributed by atoms with van der Waals surface area (Å²) in [7, 11) is 0. The molecule has 0 saturated heterocycles. The van der Waals surface area contributed by atoms with Crippen LogP contribution < -0.4 is 0 Å². The minimum absolute atomic E-state index is 0.000150. The van der Waals surface area contributed by atoms with Crippen LogP contribution in [-0.2, 0) is 17.8 Å². The number of carbonyl (C=O) groups excluding carboxylic acids is 3. The Labute approximate surface area is 209 Å². The van der Waals surface area contributed by atoms with E-state index in [2.05, 4.69) is 0 Å². The molecule has 0 aliphatic rings. The summed E-state index contributed by atoms with van der Waals surface area (Å²) in [5.41, 5.74) is 2.40. The summed E-state index contributed by atoms with van der Waals surface area (Å²) in [6.07, 6.45) is 0.